The molecule has 0 aliphatic rings. The van der Waals surface area contributed by atoms with E-state index in [2.05, 4.69) is 10.5 Å². The van der Waals surface area contributed by atoms with Gasteiger partial charge in [-0.3, -0.25) is 4.79 Å². The maximum Gasteiger partial charge on any atom is 0.271 e. The van der Waals surface area contributed by atoms with Crippen LogP contribution in [0.1, 0.15) is 27.0 Å². The molecule has 0 saturated carbocycles. The predicted molar refractivity (Wildman–Crippen MR) is 98.4 cm³/mol. The Morgan fingerprint density at radius 2 is 1.76 bits per heavy atom. The fourth-order valence-electron chi connectivity index (χ4n) is 2.61. The van der Waals surface area contributed by atoms with Crippen LogP contribution in [0.4, 0.5) is 0 Å². The number of hydrazone groups is 1. The Morgan fingerprint density at radius 3 is 2.44 bits per heavy atom. The summed E-state index contributed by atoms with van der Waals surface area (Å²) in [5, 5.41) is 13.8. The number of phenols is 1. The first-order chi connectivity index (χ1) is 12.0. The number of carbonyl (C=O) groups is 1. The minimum absolute atomic E-state index is 0.280. The van der Waals surface area contributed by atoms with Crippen LogP contribution in [-0.2, 0) is 0 Å². The van der Waals surface area contributed by atoms with E-state index in [9.17, 15) is 9.90 Å². The number of hydrogen-bond acceptors (Lipinski definition) is 3. The van der Waals surface area contributed by atoms with Gasteiger partial charge in [-0.1, -0.05) is 6.07 Å². The number of nitrogens with one attached hydrogen (secondary N) is 1. The van der Waals surface area contributed by atoms with Crippen molar-refractivity contribution in [2.75, 3.05) is 0 Å². The van der Waals surface area contributed by atoms with Crippen molar-refractivity contribution in [2.24, 2.45) is 5.10 Å². The summed E-state index contributed by atoms with van der Waals surface area (Å²) < 4.78 is 1.93. The Balaban J connectivity index is 1.72. The largest absolute Gasteiger partial charge is 0.507 e. The van der Waals surface area contributed by atoms with Gasteiger partial charge in [0, 0.05) is 23.6 Å². The van der Waals surface area contributed by atoms with Crippen molar-refractivity contribution in [2.45, 2.75) is 13.8 Å². The molecular formula is C20H19N3O2. The molecule has 5 nitrogen and oxygen atoms in total. The van der Waals surface area contributed by atoms with Gasteiger partial charge in [-0.2, -0.15) is 5.10 Å². The van der Waals surface area contributed by atoms with E-state index in [1.165, 1.54) is 0 Å². The molecule has 1 aromatic heterocycles. The third-order valence-electron chi connectivity index (χ3n) is 3.90. The average Bonchev–Trinajstić information content (AvgIpc) is 3.14. The van der Waals surface area contributed by atoms with Crippen molar-refractivity contribution in [1.29, 1.82) is 0 Å². The fourth-order valence-corrected chi connectivity index (χ4v) is 2.61. The van der Waals surface area contributed by atoms with E-state index in [4.69, 9.17) is 0 Å². The van der Waals surface area contributed by atoms with Crippen molar-refractivity contribution in [1.82, 2.24) is 9.99 Å². The molecule has 1 amide bonds. The van der Waals surface area contributed by atoms with Crippen LogP contribution in [0.5, 0.6) is 5.75 Å². The molecule has 0 fully saturated rings. The highest BCUT2D eigenvalue weighted by Gasteiger charge is 2.06. The van der Waals surface area contributed by atoms with Crippen LogP contribution >= 0.6 is 0 Å². The quantitative estimate of drug-likeness (QED) is 0.566. The lowest BCUT2D eigenvalue weighted by Gasteiger charge is -2.06. The van der Waals surface area contributed by atoms with Crippen molar-refractivity contribution < 1.29 is 9.90 Å². The van der Waals surface area contributed by atoms with Crippen LogP contribution in [0.25, 0.3) is 5.69 Å². The standard InChI is InChI=1S/C20H19N3O2/c1-14-10-16(11-15(2)19(14)24)13-21-22-20(25)17-6-5-7-18(12-17)23-8-3-4-9-23/h3-13,24H,1-2H3,(H,22,25). The van der Waals surface area contributed by atoms with E-state index >= 15 is 0 Å². The molecule has 0 bridgehead atoms. The maximum atomic E-state index is 12.3. The SMILES string of the molecule is Cc1cc(C=NNC(=O)c2cccc(-n3cccc3)c2)cc(C)c1O. The number of nitrogens with zero attached hydrogens (tertiary/aromatic N) is 2. The number of aromatic nitrogens is 1. The fraction of sp³-hybridized carbons (Fsp3) is 0.100. The molecule has 2 aromatic carbocycles. The summed E-state index contributed by atoms with van der Waals surface area (Å²) >= 11 is 0. The number of amides is 1. The minimum atomic E-state index is -0.280. The molecule has 1 heterocycles. The number of aryl methyl sites for hydroxylation is 2. The number of rotatable bonds is 4. The molecule has 0 saturated heterocycles. The van der Waals surface area contributed by atoms with Crippen LogP contribution in [0.2, 0.25) is 0 Å². The Hall–Kier alpha value is -3.34. The first-order valence-corrected chi connectivity index (χ1v) is 7.91. The lowest BCUT2D eigenvalue weighted by Crippen LogP contribution is -2.17. The summed E-state index contributed by atoms with van der Waals surface area (Å²) in [6.45, 7) is 3.65. The van der Waals surface area contributed by atoms with Crippen LogP contribution in [-0.4, -0.2) is 21.8 Å². The Kier molecular flexibility index (Phi) is 4.66. The molecule has 0 atom stereocenters. The van der Waals surface area contributed by atoms with Gasteiger partial charge in [0.25, 0.3) is 5.91 Å². The molecule has 0 spiro atoms. The van der Waals surface area contributed by atoms with Gasteiger partial charge >= 0.3 is 0 Å². The molecule has 126 valence electrons. The van der Waals surface area contributed by atoms with E-state index < -0.39 is 0 Å². The van der Waals surface area contributed by atoms with Crippen LogP contribution in [0, 0.1) is 13.8 Å². The third kappa shape index (κ3) is 3.77. The molecule has 0 radical (unpaired) electrons. The highest BCUT2D eigenvalue weighted by atomic mass is 16.3. The highest BCUT2D eigenvalue weighted by Crippen LogP contribution is 2.22. The second-order valence-corrected chi connectivity index (χ2v) is 5.84. The van der Waals surface area contributed by atoms with Gasteiger partial charge in [-0.15, -0.1) is 0 Å². The van der Waals surface area contributed by atoms with E-state index in [-0.39, 0.29) is 11.7 Å². The Morgan fingerprint density at radius 1 is 1.08 bits per heavy atom. The van der Waals surface area contributed by atoms with Gasteiger partial charge in [0.1, 0.15) is 5.75 Å². The first kappa shape index (κ1) is 16.5. The summed E-state index contributed by atoms with van der Waals surface area (Å²) in [6, 6.07) is 14.8. The molecule has 2 N–H and O–H groups in total. The summed E-state index contributed by atoms with van der Waals surface area (Å²) in [6.07, 6.45) is 5.41. The number of carbonyl (C=O) groups excluding carboxylic acids is 1. The summed E-state index contributed by atoms with van der Waals surface area (Å²) in [5.74, 6) is 0.000454. The van der Waals surface area contributed by atoms with E-state index in [0.29, 0.717) is 5.56 Å². The summed E-state index contributed by atoms with van der Waals surface area (Å²) in [4.78, 5) is 12.3. The van der Waals surface area contributed by atoms with Crippen molar-refractivity contribution in [3.05, 3.63) is 83.2 Å². The summed E-state index contributed by atoms with van der Waals surface area (Å²) in [7, 11) is 0. The van der Waals surface area contributed by atoms with Crippen LogP contribution < -0.4 is 5.43 Å². The highest BCUT2D eigenvalue weighted by molar-refractivity contribution is 5.95. The molecule has 3 aromatic rings. The zero-order valence-electron chi connectivity index (χ0n) is 14.1. The molecular weight excluding hydrogens is 314 g/mol. The zero-order valence-corrected chi connectivity index (χ0v) is 14.1. The van der Waals surface area contributed by atoms with E-state index in [1.54, 1.807) is 18.3 Å². The third-order valence-corrected chi connectivity index (χ3v) is 3.90. The van der Waals surface area contributed by atoms with Crippen molar-refractivity contribution in [3.63, 3.8) is 0 Å². The molecule has 3 rings (SSSR count). The topological polar surface area (TPSA) is 66.6 Å². The number of benzene rings is 2. The van der Waals surface area contributed by atoms with Gasteiger partial charge in [0.2, 0.25) is 0 Å². The van der Waals surface area contributed by atoms with Crippen LogP contribution in [0.15, 0.2) is 66.0 Å². The Labute approximate surface area is 146 Å². The van der Waals surface area contributed by atoms with Gasteiger partial charge in [-0.25, -0.2) is 5.43 Å². The van der Waals surface area contributed by atoms with Crippen molar-refractivity contribution >= 4 is 12.1 Å². The molecule has 5 heteroatoms. The van der Waals surface area contributed by atoms with Gasteiger partial charge in [0.15, 0.2) is 0 Å². The van der Waals surface area contributed by atoms with Crippen molar-refractivity contribution in [3.8, 4) is 11.4 Å². The first-order valence-electron chi connectivity index (χ1n) is 7.91. The number of aromatic hydroxyl groups is 1. The van der Waals surface area contributed by atoms with Gasteiger partial charge < -0.3 is 9.67 Å². The number of phenolic OH excluding ortho intramolecular Hbond substituents is 1. The average molecular weight is 333 g/mol. The maximum absolute atomic E-state index is 12.3. The lowest BCUT2D eigenvalue weighted by atomic mass is 10.1. The van der Waals surface area contributed by atoms with E-state index in [1.807, 2.05) is 67.2 Å². The predicted octanol–water partition coefficient (Wildman–Crippen LogP) is 3.56. The van der Waals surface area contributed by atoms with Crippen LogP contribution in [0.3, 0.4) is 0 Å². The molecule has 25 heavy (non-hydrogen) atoms. The zero-order chi connectivity index (χ0) is 17.8. The lowest BCUT2D eigenvalue weighted by molar-refractivity contribution is 0.0955. The second kappa shape index (κ2) is 7.05. The Bertz CT molecular complexity index is 905. The molecule has 0 aliphatic carbocycles. The summed E-state index contributed by atoms with van der Waals surface area (Å²) in [5.41, 5.74) is 6.33. The molecule has 0 unspecified atom stereocenters. The number of hydrogen-bond donors (Lipinski definition) is 2. The van der Waals surface area contributed by atoms with E-state index in [0.717, 1.165) is 22.4 Å². The normalized spacial score (nSPS) is 11.0. The van der Waals surface area contributed by atoms with Gasteiger partial charge in [0.05, 0.1) is 6.21 Å². The molecule has 0 aliphatic heterocycles. The monoisotopic (exact) mass is 333 g/mol. The second-order valence-electron chi connectivity index (χ2n) is 5.84. The smallest absolute Gasteiger partial charge is 0.271 e. The van der Waals surface area contributed by atoms with Gasteiger partial charge in [-0.05, 0) is 73.0 Å². The minimum Gasteiger partial charge on any atom is -0.507 e.